The third-order valence-electron chi connectivity index (χ3n) is 5.04. The molecule has 0 unspecified atom stereocenters. The summed E-state index contributed by atoms with van der Waals surface area (Å²) < 4.78 is 3.15. The van der Waals surface area contributed by atoms with Crippen molar-refractivity contribution >= 4 is 35.7 Å². The van der Waals surface area contributed by atoms with Crippen LogP contribution >= 0.6 is 12.8 Å². The predicted octanol–water partition coefficient (Wildman–Crippen LogP) is 2.23. The normalized spacial score (nSPS) is 18.7. The molecule has 0 bridgehead atoms. The lowest BCUT2D eigenvalue weighted by Crippen LogP contribution is -2.35. The van der Waals surface area contributed by atoms with Gasteiger partial charge < -0.3 is 10.2 Å². The minimum Gasteiger partial charge on any atom is -0.334 e. The zero-order valence-corrected chi connectivity index (χ0v) is 15.7. The van der Waals surface area contributed by atoms with E-state index >= 15 is 0 Å². The van der Waals surface area contributed by atoms with Gasteiger partial charge in [0.15, 0.2) is 11.5 Å². The molecule has 1 saturated heterocycles. The van der Waals surface area contributed by atoms with Crippen LogP contribution in [0.2, 0.25) is 0 Å². The number of aromatic nitrogens is 4. The molecule has 26 heavy (non-hydrogen) atoms. The van der Waals surface area contributed by atoms with E-state index in [2.05, 4.69) is 38.1 Å². The summed E-state index contributed by atoms with van der Waals surface area (Å²) in [4.78, 5) is 23.4. The van der Waals surface area contributed by atoms with Gasteiger partial charge in [0.1, 0.15) is 6.33 Å². The number of hydrogen-bond donors (Lipinski definition) is 2. The second-order valence-corrected chi connectivity index (χ2v) is 7.49. The molecule has 4 rings (SSSR count). The van der Waals surface area contributed by atoms with Crippen molar-refractivity contribution in [1.82, 2.24) is 30.0 Å². The van der Waals surface area contributed by atoms with Crippen LogP contribution in [0.15, 0.2) is 12.5 Å². The average Bonchev–Trinajstić information content (AvgIpc) is 3.42. The van der Waals surface area contributed by atoms with Crippen LogP contribution in [0.25, 0.3) is 11.0 Å². The third-order valence-corrected chi connectivity index (χ3v) is 5.41. The van der Waals surface area contributed by atoms with Crippen molar-refractivity contribution in [2.24, 2.45) is 0 Å². The van der Waals surface area contributed by atoms with E-state index < -0.39 is 0 Å². The maximum absolute atomic E-state index is 12.3. The van der Waals surface area contributed by atoms with Crippen molar-refractivity contribution in [3.05, 3.63) is 12.5 Å². The highest BCUT2D eigenvalue weighted by molar-refractivity contribution is 7.82. The van der Waals surface area contributed by atoms with Crippen LogP contribution < -0.4 is 9.62 Å². The zero-order valence-electron chi connectivity index (χ0n) is 14.8. The van der Waals surface area contributed by atoms with Gasteiger partial charge in [-0.25, -0.2) is 23.7 Å². The summed E-state index contributed by atoms with van der Waals surface area (Å²) in [7, 11) is 0. The fourth-order valence-corrected chi connectivity index (χ4v) is 3.59. The molecule has 2 aromatic rings. The molecular formula is C17H25N7OS. The molecule has 1 saturated carbocycles. The molecule has 0 atom stereocenters. The predicted molar refractivity (Wildman–Crippen MR) is 103 cm³/mol. The highest BCUT2D eigenvalue weighted by Crippen LogP contribution is 2.25. The highest BCUT2D eigenvalue weighted by atomic mass is 32.1. The van der Waals surface area contributed by atoms with Crippen LogP contribution in [0.1, 0.15) is 38.5 Å². The monoisotopic (exact) mass is 375 g/mol. The highest BCUT2D eigenvalue weighted by Gasteiger charge is 2.27. The second kappa shape index (κ2) is 7.79. The van der Waals surface area contributed by atoms with Gasteiger partial charge in [0.05, 0.1) is 18.1 Å². The molecule has 140 valence electrons. The second-order valence-electron chi connectivity index (χ2n) is 7.09. The Morgan fingerprint density at radius 2 is 1.96 bits per heavy atom. The molecule has 1 aliphatic carbocycles. The van der Waals surface area contributed by atoms with Gasteiger partial charge in [-0.3, -0.25) is 0 Å². The van der Waals surface area contributed by atoms with Gasteiger partial charge in [-0.15, -0.1) is 0 Å². The number of hydrogen-bond acceptors (Lipinski definition) is 6. The largest absolute Gasteiger partial charge is 0.334 e. The number of thiol groups is 1. The first kappa shape index (κ1) is 17.5. The molecule has 0 aromatic carbocycles. The number of fused-ring (bicyclic) bond motifs is 1. The van der Waals surface area contributed by atoms with Crippen LogP contribution in [-0.4, -0.2) is 56.4 Å². The SMILES string of the molecule is O=C(NC1CC1)N(S)c1ncnc2c1cnn2CCN1CCCCCC1. The van der Waals surface area contributed by atoms with E-state index in [1.54, 1.807) is 6.20 Å². The maximum atomic E-state index is 12.3. The molecule has 2 amide bonds. The van der Waals surface area contributed by atoms with E-state index in [1.165, 1.54) is 36.3 Å². The molecule has 8 nitrogen and oxygen atoms in total. The van der Waals surface area contributed by atoms with E-state index in [9.17, 15) is 4.79 Å². The van der Waals surface area contributed by atoms with Crippen LogP contribution in [-0.2, 0) is 6.54 Å². The number of likely N-dealkylation sites (tertiary alicyclic amines) is 1. The Morgan fingerprint density at radius 1 is 1.19 bits per heavy atom. The Balaban J connectivity index is 1.48. The minimum atomic E-state index is -0.256. The van der Waals surface area contributed by atoms with E-state index in [1.807, 2.05) is 4.68 Å². The van der Waals surface area contributed by atoms with Gasteiger partial charge in [-0.05, 0) is 38.8 Å². The van der Waals surface area contributed by atoms with Crippen LogP contribution in [0.3, 0.4) is 0 Å². The van der Waals surface area contributed by atoms with Crippen molar-refractivity contribution in [1.29, 1.82) is 0 Å². The Labute approximate surface area is 158 Å². The van der Waals surface area contributed by atoms with Gasteiger partial charge in [0, 0.05) is 12.6 Å². The van der Waals surface area contributed by atoms with Gasteiger partial charge in [-0.1, -0.05) is 25.7 Å². The number of carbonyl (C=O) groups excluding carboxylic acids is 1. The first-order valence-electron chi connectivity index (χ1n) is 9.41. The quantitative estimate of drug-likeness (QED) is 0.784. The van der Waals surface area contributed by atoms with Crippen LogP contribution in [0, 0.1) is 0 Å². The van der Waals surface area contributed by atoms with Crippen molar-refractivity contribution in [2.75, 3.05) is 23.9 Å². The lowest BCUT2D eigenvalue weighted by molar-refractivity contribution is 0.249. The first-order valence-corrected chi connectivity index (χ1v) is 9.81. The fourth-order valence-electron chi connectivity index (χ4n) is 3.37. The lowest BCUT2D eigenvalue weighted by atomic mass is 10.2. The average molecular weight is 376 g/mol. The molecule has 2 fully saturated rings. The summed E-state index contributed by atoms with van der Waals surface area (Å²) in [5.41, 5.74) is 0.739. The molecule has 2 aliphatic rings. The number of nitrogens with one attached hydrogen (secondary N) is 1. The summed E-state index contributed by atoms with van der Waals surface area (Å²) in [6, 6.07) is 0.0129. The first-order chi connectivity index (χ1) is 12.7. The van der Waals surface area contributed by atoms with E-state index in [-0.39, 0.29) is 12.1 Å². The topological polar surface area (TPSA) is 79.2 Å². The smallest absolute Gasteiger partial charge is 0.333 e. The number of nitrogens with zero attached hydrogens (tertiary/aromatic N) is 6. The fraction of sp³-hybridized carbons (Fsp3) is 0.647. The summed E-state index contributed by atoms with van der Waals surface area (Å²) in [6.07, 6.45) is 10.5. The van der Waals surface area contributed by atoms with Crippen LogP contribution in [0.5, 0.6) is 0 Å². The number of urea groups is 1. The Kier molecular flexibility index (Phi) is 5.26. The summed E-state index contributed by atoms with van der Waals surface area (Å²) in [5, 5.41) is 8.13. The van der Waals surface area contributed by atoms with Gasteiger partial charge in [-0.2, -0.15) is 5.10 Å². The van der Waals surface area contributed by atoms with Crippen molar-refractivity contribution in [2.45, 2.75) is 51.1 Å². The third kappa shape index (κ3) is 3.93. The van der Waals surface area contributed by atoms with Crippen molar-refractivity contribution in [3.8, 4) is 0 Å². The van der Waals surface area contributed by atoms with Crippen LogP contribution in [0.4, 0.5) is 10.6 Å². The van der Waals surface area contributed by atoms with Crippen molar-refractivity contribution in [3.63, 3.8) is 0 Å². The van der Waals surface area contributed by atoms with Gasteiger partial charge >= 0.3 is 6.03 Å². The molecule has 9 heteroatoms. The van der Waals surface area contributed by atoms with Crippen molar-refractivity contribution < 1.29 is 4.79 Å². The standard InChI is InChI=1S/C17H25N7OS/c25-17(21-13-5-6-13)24(26)16-14-11-20-23(15(14)18-12-19-16)10-9-22-7-3-1-2-4-8-22/h11-13,26H,1-10H2,(H,21,25). The lowest BCUT2D eigenvalue weighted by Gasteiger charge is -2.19. The molecular weight excluding hydrogens is 350 g/mol. The number of anilines is 1. The van der Waals surface area contributed by atoms with E-state index in [4.69, 9.17) is 0 Å². The molecule has 2 aromatic heterocycles. The van der Waals surface area contributed by atoms with E-state index in [0.29, 0.717) is 5.82 Å². The Hall–Kier alpha value is -1.87. The number of rotatable bonds is 5. The summed E-state index contributed by atoms with van der Waals surface area (Å²) in [6.45, 7) is 4.06. The summed E-state index contributed by atoms with van der Waals surface area (Å²) >= 11 is 4.34. The maximum Gasteiger partial charge on any atom is 0.333 e. The Bertz CT molecular complexity index is 768. The number of amides is 2. The molecule has 0 radical (unpaired) electrons. The molecule has 1 aliphatic heterocycles. The molecule has 0 spiro atoms. The minimum absolute atomic E-state index is 0.256. The number of carbonyl (C=O) groups is 1. The Morgan fingerprint density at radius 3 is 2.69 bits per heavy atom. The summed E-state index contributed by atoms with van der Waals surface area (Å²) in [5.74, 6) is 0.470. The molecule has 3 heterocycles. The van der Waals surface area contributed by atoms with Gasteiger partial charge in [0.2, 0.25) is 0 Å². The molecule has 1 N–H and O–H groups in total. The zero-order chi connectivity index (χ0) is 17.9. The van der Waals surface area contributed by atoms with Gasteiger partial charge in [0.25, 0.3) is 0 Å². The van der Waals surface area contributed by atoms with E-state index in [0.717, 1.165) is 50.1 Å².